The highest BCUT2D eigenvalue weighted by atomic mass is 32.2. The summed E-state index contributed by atoms with van der Waals surface area (Å²) in [5.41, 5.74) is 3.76. The molecule has 8 nitrogen and oxygen atoms in total. The number of benzene rings is 1. The molecule has 1 atom stereocenters. The molecule has 0 radical (unpaired) electrons. The highest BCUT2D eigenvalue weighted by Gasteiger charge is 2.51. The number of nitriles is 1. The maximum Gasteiger partial charge on any atom is 0.229 e. The molecular formula is C22H23N7OS. The third-order valence-electron chi connectivity index (χ3n) is 6.04. The summed E-state index contributed by atoms with van der Waals surface area (Å²) in [5, 5.41) is 12.9. The van der Waals surface area contributed by atoms with Gasteiger partial charge in [-0.3, -0.25) is 4.21 Å². The van der Waals surface area contributed by atoms with Crippen LogP contribution in [0.3, 0.4) is 0 Å². The summed E-state index contributed by atoms with van der Waals surface area (Å²) in [4.78, 5) is 16.3. The lowest BCUT2D eigenvalue weighted by Crippen LogP contribution is -2.39. The average Bonchev–Trinajstić information content (AvgIpc) is 3.28. The summed E-state index contributed by atoms with van der Waals surface area (Å²) in [6, 6.07) is 7.80. The molecule has 2 aromatic heterocycles. The van der Waals surface area contributed by atoms with E-state index < -0.39 is 10.8 Å². The molecule has 1 fully saturated rings. The minimum atomic E-state index is -1.07. The molecule has 1 aliphatic heterocycles. The normalized spacial score (nSPS) is 18.3. The van der Waals surface area contributed by atoms with Gasteiger partial charge in [0.25, 0.3) is 0 Å². The number of aryl methyl sites for hydroxylation is 1. The van der Waals surface area contributed by atoms with E-state index in [1.807, 2.05) is 48.8 Å². The van der Waals surface area contributed by atoms with Gasteiger partial charge in [-0.2, -0.15) is 10.2 Å². The van der Waals surface area contributed by atoms with Crippen LogP contribution in [0.5, 0.6) is 0 Å². The first-order valence-corrected chi connectivity index (χ1v) is 11.4. The predicted octanol–water partition coefficient (Wildman–Crippen LogP) is 3.24. The molecule has 1 unspecified atom stereocenters. The second-order valence-corrected chi connectivity index (χ2v) is 10.2. The van der Waals surface area contributed by atoms with Crippen LogP contribution >= 0.6 is 0 Å². The van der Waals surface area contributed by atoms with Crippen LogP contribution in [0.25, 0.3) is 5.69 Å². The Morgan fingerprint density at radius 3 is 2.71 bits per heavy atom. The van der Waals surface area contributed by atoms with Gasteiger partial charge in [-0.25, -0.2) is 9.97 Å². The molecule has 2 aliphatic rings. The molecule has 1 saturated carbocycles. The molecule has 1 aromatic carbocycles. The highest BCUT2D eigenvalue weighted by molar-refractivity contribution is 7.87. The van der Waals surface area contributed by atoms with E-state index in [0.717, 1.165) is 53.3 Å². The lowest BCUT2D eigenvalue weighted by Gasteiger charge is -2.36. The average molecular weight is 434 g/mol. The van der Waals surface area contributed by atoms with Crippen molar-refractivity contribution in [2.75, 3.05) is 24.3 Å². The largest absolute Gasteiger partial charge is 0.362 e. The van der Waals surface area contributed by atoms with Crippen molar-refractivity contribution in [3.05, 3.63) is 47.7 Å². The Morgan fingerprint density at radius 2 is 2.10 bits per heavy atom. The Morgan fingerprint density at radius 1 is 1.29 bits per heavy atom. The molecule has 1 spiro atoms. The Hall–Kier alpha value is -3.25. The minimum Gasteiger partial charge on any atom is -0.362 e. The maximum absolute atomic E-state index is 13.2. The summed E-state index contributed by atoms with van der Waals surface area (Å²) < 4.78 is 14.9. The van der Waals surface area contributed by atoms with Crippen molar-refractivity contribution >= 4 is 28.3 Å². The molecule has 1 aliphatic carbocycles. The molecule has 31 heavy (non-hydrogen) atoms. The minimum absolute atomic E-state index is 0.154. The van der Waals surface area contributed by atoms with Gasteiger partial charge < -0.3 is 14.8 Å². The molecule has 9 heteroatoms. The summed E-state index contributed by atoms with van der Waals surface area (Å²) in [6.45, 7) is 1.91. The Balaban J connectivity index is 1.50. The fourth-order valence-electron chi connectivity index (χ4n) is 4.28. The summed E-state index contributed by atoms with van der Waals surface area (Å²) in [5.74, 6) is 1.14. The van der Waals surface area contributed by atoms with E-state index in [1.165, 1.54) is 0 Å². The second kappa shape index (κ2) is 7.17. The predicted molar refractivity (Wildman–Crippen MR) is 119 cm³/mol. The third kappa shape index (κ3) is 3.18. The molecule has 3 aromatic rings. The van der Waals surface area contributed by atoms with Crippen LogP contribution in [0.2, 0.25) is 0 Å². The number of imidazole rings is 1. The van der Waals surface area contributed by atoms with Crippen molar-refractivity contribution in [3.8, 4) is 11.8 Å². The zero-order valence-electron chi connectivity index (χ0n) is 17.7. The first-order valence-electron chi connectivity index (χ1n) is 10.2. The second-order valence-electron chi connectivity index (χ2n) is 8.41. The number of fused-ring (bicyclic) bond motifs is 1. The highest BCUT2D eigenvalue weighted by Crippen LogP contribution is 2.50. The van der Waals surface area contributed by atoms with Crippen molar-refractivity contribution in [1.29, 1.82) is 5.26 Å². The van der Waals surface area contributed by atoms with E-state index in [-0.39, 0.29) is 4.75 Å². The standard InChI is InChI=1S/C22H23N7OS/c1-14-12-29(13-24-14)18-6-5-16(9-15(18)11-23)25-21-26-17-10-22(7-4-8-22)31(30)19(17)20(27-21)28(2)3/h5-6,9,12-13H,4,7-8,10H2,1-3H3,(H,25,26,27). The van der Waals surface area contributed by atoms with E-state index in [1.54, 1.807) is 12.4 Å². The molecular weight excluding hydrogens is 410 g/mol. The van der Waals surface area contributed by atoms with E-state index in [2.05, 4.69) is 21.4 Å². The lowest BCUT2D eigenvalue weighted by atomic mass is 9.81. The topological polar surface area (TPSA) is 99.7 Å². The molecule has 0 saturated heterocycles. The third-order valence-corrected chi connectivity index (χ3v) is 8.17. The van der Waals surface area contributed by atoms with Crippen molar-refractivity contribution in [2.24, 2.45) is 0 Å². The molecule has 0 bridgehead atoms. The number of rotatable bonds is 4. The molecule has 1 N–H and O–H groups in total. The zero-order valence-corrected chi connectivity index (χ0v) is 18.5. The van der Waals surface area contributed by atoms with Crippen LogP contribution in [-0.4, -0.2) is 42.6 Å². The van der Waals surface area contributed by atoms with Gasteiger partial charge in [0.15, 0.2) is 0 Å². The molecule has 3 heterocycles. The Labute approximate surface area is 183 Å². The van der Waals surface area contributed by atoms with E-state index >= 15 is 0 Å². The lowest BCUT2D eigenvalue weighted by molar-refractivity contribution is 0.355. The number of nitrogens with zero attached hydrogens (tertiary/aromatic N) is 6. The first-order chi connectivity index (χ1) is 14.9. The molecule has 5 rings (SSSR count). The van der Waals surface area contributed by atoms with Gasteiger partial charge in [-0.15, -0.1) is 0 Å². The van der Waals surface area contributed by atoms with E-state index in [4.69, 9.17) is 4.98 Å². The summed E-state index contributed by atoms with van der Waals surface area (Å²) in [6.07, 6.45) is 7.39. The monoisotopic (exact) mass is 433 g/mol. The van der Waals surface area contributed by atoms with Gasteiger partial charge in [0.2, 0.25) is 5.95 Å². The SMILES string of the molecule is Cc1cn(-c2ccc(Nc3nc4c(c(N(C)C)n3)S(=O)C3(CCC3)C4)cc2C#N)cn1. The van der Waals surface area contributed by atoms with E-state index in [0.29, 0.717) is 17.3 Å². The quantitative estimate of drug-likeness (QED) is 0.674. The molecule has 0 amide bonds. The summed E-state index contributed by atoms with van der Waals surface area (Å²) in [7, 11) is 2.74. The van der Waals surface area contributed by atoms with Crippen molar-refractivity contribution in [3.63, 3.8) is 0 Å². The van der Waals surface area contributed by atoms with Crippen LogP contribution < -0.4 is 10.2 Å². The molecule has 158 valence electrons. The maximum atomic E-state index is 13.2. The Kier molecular flexibility index (Phi) is 4.55. The van der Waals surface area contributed by atoms with Crippen molar-refractivity contribution < 1.29 is 4.21 Å². The van der Waals surface area contributed by atoms with Gasteiger partial charge >= 0.3 is 0 Å². The van der Waals surface area contributed by atoms with Crippen LogP contribution in [0.4, 0.5) is 17.5 Å². The van der Waals surface area contributed by atoms with Gasteiger partial charge in [-0.1, -0.05) is 6.42 Å². The summed E-state index contributed by atoms with van der Waals surface area (Å²) >= 11 is 0. The van der Waals surface area contributed by atoms with Crippen LogP contribution in [0.1, 0.15) is 36.2 Å². The smallest absolute Gasteiger partial charge is 0.229 e. The van der Waals surface area contributed by atoms with Crippen LogP contribution in [-0.2, 0) is 17.2 Å². The van der Waals surface area contributed by atoms with Crippen molar-refractivity contribution in [1.82, 2.24) is 19.5 Å². The fraction of sp³-hybridized carbons (Fsp3) is 0.364. The van der Waals surface area contributed by atoms with E-state index in [9.17, 15) is 9.47 Å². The first kappa shape index (κ1) is 19.7. The van der Waals surface area contributed by atoms with Gasteiger partial charge in [0.1, 0.15) is 16.8 Å². The van der Waals surface area contributed by atoms with Gasteiger partial charge in [-0.05, 0) is 38.0 Å². The van der Waals surface area contributed by atoms with Gasteiger partial charge in [0.05, 0.1) is 44.5 Å². The number of anilines is 3. The zero-order chi connectivity index (χ0) is 21.8. The number of hydrogen-bond acceptors (Lipinski definition) is 7. The number of hydrogen-bond donors (Lipinski definition) is 1. The number of aromatic nitrogens is 4. The number of nitrogens with one attached hydrogen (secondary N) is 1. The Bertz CT molecular complexity index is 1250. The fourth-order valence-corrected chi connectivity index (χ4v) is 6.37. The van der Waals surface area contributed by atoms with Crippen LogP contribution in [0.15, 0.2) is 35.6 Å². The van der Waals surface area contributed by atoms with Crippen LogP contribution in [0, 0.1) is 18.3 Å². The van der Waals surface area contributed by atoms with Crippen molar-refractivity contribution in [2.45, 2.75) is 42.2 Å². The van der Waals surface area contributed by atoms with Gasteiger partial charge in [0, 0.05) is 32.4 Å².